The lowest BCUT2D eigenvalue weighted by Gasteiger charge is -2.07. The molecule has 126 valence electrons. The van der Waals surface area contributed by atoms with Crippen LogP contribution in [0.15, 0.2) is 60.9 Å². The number of hydrogen-bond donors (Lipinski definition) is 2. The van der Waals surface area contributed by atoms with Gasteiger partial charge in [-0.25, -0.2) is 9.78 Å². The van der Waals surface area contributed by atoms with E-state index in [9.17, 15) is 9.59 Å². The zero-order chi connectivity index (χ0) is 17.6. The molecular formula is C19H17N3O3. The molecule has 1 amide bonds. The molecule has 0 aliphatic carbocycles. The van der Waals surface area contributed by atoms with Crippen LogP contribution in [0.5, 0.6) is 0 Å². The Hall–Kier alpha value is -3.41. The van der Waals surface area contributed by atoms with Gasteiger partial charge in [-0.15, -0.1) is 0 Å². The molecule has 0 spiro atoms. The molecule has 1 aromatic heterocycles. The van der Waals surface area contributed by atoms with Crippen LogP contribution in [-0.2, 0) is 4.74 Å². The molecule has 0 unspecified atom stereocenters. The largest absolute Gasteiger partial charge is 0.462 e. The molecule has 0 aliphatic rings. The quantitative estimate of drug-likeness (QED) is 0.699. The van der Waals surface area contributed by atoms with Crippen LogP contribution < -0.4 is 5.32 Å². The molecule has 0 fully saturated rings. The number of anilines is 1. The second-order valence-electron chi connectivity index (χ2n) is 5.27. The van der Waals surface area contributed by atoms with Crippen LogP contribution in [0.2, 0.25) is 0 Å². The summed E-state index contributed by atoms with van der Waals surface area (Å²) in [4.78, 5) is 31.1. The van der Waals surface area contributed by atoms with Gasteiger partial charge in [-0.05, 0) is 43.3 Å². The second-order valence-corrected chi connectivity index (χ2v) is 5.27. The van der Waals surface area contributed by atoms with Crippen molar-refractivity contribution in [2.75, 3.05) is 11.9 Å². The Morgan fingerprint density at radius 1 is 1.04 bits per heavy atom. The molecule has 25 heavy (non-hydrogen) atoms. The van der Waals surface area contributed by atoms with Crippen LogP contribution in [0.25, 0.3) is 11.4 Å². The average molecular weight is 335 g/mol. The van der Waals surface area contributed by atoms with Gasteiger partial charge in [-0.2, -0.15) is 0 Å². The van der Waals surface area contributed by atoms with Gasteiger partial charge < -0.3 is 15.0 Å². The summed E-state index contributed by atoms with van der Waals surface area (Å²) in [5.41, 5.74) is 2.49. The highest BCUT2D eigenvalue weighted by Gasteiger charge is 2.09. The highest BCUT2D eigenvalue weighted by Crippen LogP contribution is 2.17. The summed E-state index contributed by atoms with van der Waals surface area (Å²) in [5, 5.41) is 2.80. The Kier molecular flexibility index (Phi) is 4.89. The Labute approximate surface area is 144 Å². The minimum Gasteiger partial charge on any atom is -0.462 e. The van der Waals surface area contributed by atoms with E-state index in [4.69, 9.17) is 4.74 Å². The fourth-order valence-corrected chi connectivity index (χ4v) is 2.31. The van der Waals surface area contributed by atoms with E-state index in [0.717, 1.165) is 11.4 Å². The number of aromatic amines is 1. The number of benzene rings is 2. The van der Waals surface area contributed by atoms with Crippen molar-refractivity contribution < 1.29 is 14.3 Å². The van der Waals surface area contributed by atoms with Crippen molar-refractivity contribution in [1.29, 1.82) is 0 Å². The van der Waals surface area contributed by atoms with Gasteiger partial charge in [-0.3, -0.25) is 4.79 Å². The molecule has 0 atom stereocenters. The number of rotatable bonds is 5. The van der Waals surface area contributed by atoms with E-state index >= 15 is 0 Å². The Morgan fingerprint density at radius 3 is 2.32 bits per heavy atom. The first-order chi connectivity index (χ1) is 12.2. The molecule has 6 heteroatoms. The fraction of sp³-hybridized carbons (Fsp3) is 0.105. The van der Waals surface area contributed by atoms with Crippen LogP contribution in [0.3, 0.4) is 0 Å². The van der Waals surface area contributed by atoms with E-state index in [1.807, 2.05) is 12.1 Å². The smallest absolute Gasteiger partial charge is 0.338 e. The molecule has 3 rings (SSSR count). The summed E-state index contributed by atoms with van der Waals surface area (Å²) in [7, 11) is 0. The van der Waals surface area contributed by atoms with Crippen LogP contribution in [-0.4, -0.2) is 28.5 Å². The van der Waals surface area contributed by atoms with Gasteiger partial charge in [0.2, 0.25) is 0 Å². The van der Waals surface area contributed by atoms with Crippen molar-refractivity contribution in [3.05, 3.63) is 72.1 Å². The summed E-state index contributed by atoms with van der Waals surface area (Å²) < 4.78 is 4.93. The van der Waals surface area contributed by atoms with Crippen LogP contribution in [0.4, 0.5) is 5.69 Å². The average Bonchev–Trinajstić information content (AvgIpc) is 3.17. The first-order valence-electron chi connectivity index (χ1n) is 7.85. The number of aromatic nitrogens is 2. The first kappa shape index (κ1) is 16.4. The summed E-state index contributed by atoms with van der Waals surface area (Å²) in [5.74, 6) is 0.144. The number of H-pyrrole nitrogens is 1. The Balaban J connectivity index is 1.66. The maximum Gasteiger partial charge on any atom is 0.338 e. The van der Waals surface area contributed by atoms with Crippen LogP contribution in [0.1, 0.15) is 27.6 Å². The predicted octanol–water partition coefficient (Wildman–Crippen LogP) is 3.51. The maximum atomic E-state index is 12.3. The number of esters is 1. The number of hydrogen-bond acceptors (Lipinski definition) is 4. The van der Waals surface area contributed by atoms with Gasteiger partial charge in [0.05, 0.1) is 12.2 Å². The summed E-state index contributed by atoms with van der Waals surface area (Å²) >= 11 is 0. The van der Waals surface area contributed by atoms with Crippen LogP contribution in [0, 0.1) is 0 Å². The molecule has 0 radical (unpaired) electrons. The van der Waals surface area contributed by atoms with E-state index in [0.29, 0.717) is 23.4 Å². The predicted molar refractivity (Wildman–Crippen MR) is 94.4 cm³/mol. The molecule has 2 aromatic carbocycles. The van der Waals surface area contributed by atoms with E-state index in [2.05, 4.69) is 15.3 Å². The van der Waals surface area contributed by atoms with Crippen molar-refractivity contribution >= 4 is 17.6 Å². The summed E-state index contributed by atoms with van der Waals surface area (Å²) in [6, 6.07) is 13.7. The maximum absolute atomic E-state index is 12.3. The molecule has 3 aromatic rings. The van der Waals surface area contributed by atoms with Crippen molar-refractivity contribution in [2.24, 2.45) is 0 Å². The third kappa shape index (κ3) is 3.92. The second kappa shape index (κ2) is 7.44. The standard InChI is InChI=1S/C19H17N3O3/c1-2-25-19(24)15-7-9-16(10-8-15)22-18(23)14-5-3-13(4-6-14)17-20-11-12-21-17/h3-12H,2H2,1H3,(H,20,21)(H,22,23). The first-order valence-corrected chi connectivity index (χ1v) is 7.85. The number of nitrogens with one attached hydrogen (secondary N) is 2. The number of nitrogens with zero attached hydrogens (tertiary/aromatic N) is 1. The summed E-state index contributed by atoms with van der Waals surface area (Å²) in [6.07, 6.45) is 3.42. The summed E-state index contributed by atoms with van der Waals surface area (Å²) in [6.45, 7) is 2.08. The number of amides is 1. The van der Waals surface area contributed by atoms with E-state index < -0.39 is 0 Å². The lowest BCUT2D eigenvalue weighted by Crippen LogP contribution is -2.12. The number of carbonyl (C=O) groups is 2. The minimum absolute atomic E-state index is 0.227. The van der Waals surface area contributed by atoms with Gasteiger partial charge >= 0.3 is 5.97 Å². The molecular weight excluding hydrogens is 318 g/mol. The zero-order valence-corrected chi connectivity index (χ0v) is 13.7. The number of carbonyl (C=O) groups excluding carboxylic acids is 2. The van der Waals surface area contributed by atoms with Gasteiger partial charge in [0.1, 0.15) is 5.82 Å². The Bertz CT molecular complexity index is 854. The van der Waals surface area contributed by atoms with Gasteiger partial charge in [0.25, 0.3) is 5.91 Å². The molecule has 2 N–H and O–H groups in total. The molecule has 0 saturated heterocycles. The molecule has 1 heterocycles. The molecule has 0 saturated carbocycles. The van der Waals surface area contributed by atoms with Crippen LogP contribution >= 0.6 is 0 Å². The lowest BCUT2D eigenvalue weighted by molar-refractivity contribution is 0.0526. The highest BCUT2D eigenvalue weighted by atomic mass is 16.5. The van der Waals surface area contributed by atoms with E-state index in [1.54, 1.807) is 55.7 Å². The topological polar surface area (TPSA) is 84.1 Å². The third-order valence-corrected chi connectivity index (χ3v) is 3.57. The van der Waals surface area contributed by atoms with Crippen molar-refractivity contribution in [1.82, 2.24) is 9.97 Å². The zero-order valence-electron chi connectivity index (χ0n) is 13.7. The normalized spacial score (nSPS) is 10.3. The fourth-order valence-electron chi connectivity index (χ4n) is 2.31. The number of imidazole rings is 1. The number of ether oxygens (including phenoxy) is 1. The van der Waals surface area contributed by atoms with Crippen molar-refractivity contribution in [3.63, 3.8) is 0 Å². The van der Waals surface area contributed by atoms with Gasteiger partial charge in [0, 0.05) is 29.2 Å². The lowest BCUT2D eigenvalue weighted by atomic mass is 10.1. The molecule has 6 nitrogen and oxygen atoms in total. The Morgan fingerprint density at radius 2 is 1.72 bits per heavy atom. The molecule has 0 bridgehead atoms. The van der Waals surface area contributed by atoms with E-state index in [1.165, 1.54) is 0 Å². The van der Waals surface area contributed by atoms with Crippen molar-refractivity contribution in [2.45, 2.75) is 6.92 Å². The van der Waals surface area contributed by atoms with Gasteiger partial charge in [0.15, 0.2) is 0 Å². The SMILES string of the molecule is CCOC(=O)c1ccc(NC(=O)c2ccc(-c3ncc[nH]3)cc2)cc1. The van der Waals surface area contributed by atoms with Crippen molar-refractivity contribution in [3.8, 4) is 11.4 Å². The third-order valence-electron chi connectivity index (χ3n) is 3.57. The van der Waals surface area contributed by atoms with E-state index in [-0.39, 0.29) is 11.9 Å². The monoisotopic (exact) mass is 335 g/mol. The molecule has 0 aliphatic heterocycles. The van der Waals surface area contributed by atoms with Gasteiger partial charge in [-0.1, -0.05) is 12.1 Å². The minimum atomic E-state index is -0.381. The highest BCUT2D eigenvalue weighted by molar-refractivity contribution is 6.04.